The molecule has 0 aromatic carbocycles. The van der Waals surface area contributed by atoms with Gasteiger partial charge in [0.25, 0.3) is 6.43 Å². The van der Waals surface area contributed by atoms with Gasteiger partial charge in [0.1, 0.15) is 5.69 Å². The van der Waals surface area contributed by atoms with Crippen molar-refractivity contribution in [1.29, 1.82) is 0 Å². The Morgan fingerprint density at radius 3 is 2.65 bits per heavy atom. The Morgan fingerprint density at radius 1 is 1.53 bits per heavy atom. The minimum absolute atomic E-state index is 0.0169. The number of nitrogens with zero attached hydrogens (tertiary/aromatic N) is 1. The monoisotopic (exact) mass is 265 g/mol. The molecular weight excluding hydrogens is 256 g/mol. The second kappa shape index (κ2) is 5.77. The van der Waals surface area contributed by atoms with Gasteiger partial charge >= 0.3 is 5.97 Å². The van der Waals surface area contributed by atoms with Gasteiger partial charge in [-0.25, -0.2) is 13.8 Å². The lowest BCUT2D eigenvalue weighted by atomic mass is 10.2. The molecule has 0 N–H and O–H groups in total. The summed E-state index contributed by atoms with van der Waals surface area (Å²) in [7, 11) is 2.41. The number of carbonyl (C=O) groups is 1. The van der Waals surface area contributed by atoms with Gasteiger partial charge in [-0.3, -0.25) is 4.79 Å². The molecule has 0 saturated heterocycles. The Kier molecular flexibility index (Phi) is 4.62. The average Bonchev–Trinajstić information content (AvgIpc) is 2.28. The minimum Gasteiger partial charge on any atom is -0.493 e. The van der Waals surface area contributed by atoms with Crippen LogP contribution in [0.25, 0.3) is 0 Å². The predicted octanol–water partition coefficient (Wildman–Crippen LogP) is 2.40. The third kappa shape index (κ3) is 3.26. The molecule has 0 amide bonds. The number of alkyl halides is 2. The highest BCUT2D eigenvalue weighted by molar-refractivity contribution is 6.32. The van der Waals surface area contributed by atoms with Crippen LogP contribution in [0.15, 0.2) is 6.07 Å². The molecule has 0 aliphatic carbocycles. The molecule has 7 heteroatoms. The van der Waals surface area contributed by atoms with E-state index in [1.54, 1.807) is 0 Å². The molecule has 1 heterocycles. The van der Waals surface area contributed by atoms with Crippen LogP contribution < -0.4 is 4.74 Å². The summed E-state index contributed by atoms with van der Waals surface area (Å²) in [5, 5.41) is -0.0169. The van der Waals surface area contributed by atoms with Crippen LogP contribution in [0.4, 0.5) is 8.78 Å². The van der Waals surface area contributed by atoms with Crippen molar-refractivity contribution < 1.29 is 23.0 Å². The first-order chi connectivity index (χ1) is 7.99. The third-order valence-corrected chi connectivity index (χ3v) is 2.25. The molecule has 0 unspecified atom stereocenters. The van der Waals surface area contributed by atoms with Crippen LogP contribution in [0.1, 0.15) is 17.8 Å². The summed E-state index contributed by atoms with van der Waals surface area (Å²) in [5.74, 6) is -0.769. The van der Waals surface area contributed by atoms with Gasteiger partial charge < -0.3 is 9.47 Å². The van der Waals surface area contributed by atoms with Crippen molar-refractivity contribution in [2.45, 2.75) is 12.8 Å². The molecule has 0 fully saturated rings. The van der Waals surface area contributed by atoms with Crippen molar-refractivity contribution in [3.8, 4) is 5.75 Å². The van der Waals surface area contributed by atoms with Crippen molar-refractivity contribution in [3.05, 3.63) is 22.5 Å². The fraction of sp³-hybridized carbons (Fsp3) is 0.400. The van der Waals surface area contributed by atoms with Gasteiger partial charge in [0.05, 0.1) is 31.4 Å². The van der Waals surface area contributed by atoms with Crippen molar-refractivity contribution in [3.63, 3.8) is 0 Å². The number of rotatable bonds is 4. The standard InChI is InChI=1S/C10H10ClF2NO3/c1-16-7(15)4-5-3-6(11)9(17-2)8(14-5)10(12)13/h3,10H,4H2,1-2H3. The summed E-state index contributed by atoms with van der Waals surface area (Å²) in [6.45, 7) is 0. The largest absolute Gasteiger partial charge is 0.493 e. The van der Waals surface area contributed by atoms with Crippen molar-refractivity contribution in [2.75, 3.05) is 14.2 Å². The van der Waals surface area contributed by atoms with Gasteiger partial charge in [-0.2, -0.15) is 0 Å². The highest BCUT2D eigenvalue weighted by atomic mass is 35.5. The molecule has 0 saturated carbocycles. The first-order valence-corrected chi connectivity index (χ1v) is 4.95. The van der Waals surface area contributed by atoms with Gasteiger partial charge in [0.15, 0.2) is 5.75 Å². The van der Waals surface area contributed by atoms with E-state index in [1.807, 2.05) is 0 Å². The number of pyridine rings is 1. The van der Waals surface area contributed by atoms with E-state index in [-0.39, 0.29) is 22.9 Å². The SMILES string of the molecule is COC(=O)Cc1cc(Cl)c(OC)c(C(F)F)n1. The highest BCUT2D eigenvalue weighted by Gasteiger charge is 2.21. The Bertz CT molecular complexity index is 426. The van der Waals surface area contributed by atoms with E-state index in [0.717, 1.165) is 0 Å². The van der Waals surface area contributed by atoms with E-state index in [4.69, 9.17) is 16.3 Å². The maximum absolute atomic E-state index is 12.7. The molecule has 0 aliphatic rings. The van der Waals surface area contributed by atoms with E-state index in [9.17, 15) is 13.6 Å². The smallest absolute Gasteiger partial charge is 0.311 e. The fourth-order valence-corrected chi connectivity index (χ4v) is 1.53. The summed E-state index contributed by atoms with van der Waals surface area (Å²) in [6.07, 6.45) is -3.06. The number of carbonyl (C=O) groups excluding carboxylic acids is 1. The van der Waals surface area contributed by atoms with E-state index >= 15 is 0 Å². The van der Waals surface area contributed by atoms with Crippen molar-refractivity contribution >= 4 is 17.6 Å². The van der Waals surface area contributed by atoms with Crippen molar-refractivity contribution in [1.82, 2.24) is 4.98 Å². The summed E-state index contributed by atoms with van der Waals surface area (Å²) < 4.78 is 34.5. The molecule has 1 rings (SSSR count). The van der Waals surface area contributed by atoms with Crippen LogP contribution in [0.5, 0.6) is 5.75 Å². The van der Waals surface area contributed by atoms with Gasteiger partial charge in [-0.1, -0.05) is 11.6 Å². The molecule has 0 radical (unpaired) electrons. The maximum atomic E-state index is 12.7. The van der Waals surface area contributed by atoms with Crippen LogP contribution in [-0.4, -0.2) is 25.2 Å². The third-order valence-electron chi connectivity index (χ3n) is 1.97. The molecule has 1 aromatic heterocycles. The summed E-state index contributed by atoms with van der Waals surface area (Å²) >= 11 is 5.75. The summed E-state index contributed by atoms with van der Waals surface area (Å²) in [5.41, 5.74) is -0.475. The first kappa shape index (κ1) is 13.6. The molecular formula is C10H10ClF2NO3. The molecule has 0 atom stereocenters. The zero-order valence-electron chi connectivity index (χ0n) is 9.17. The van der Waals surface area contributed by atoms with E-state index in [1.165, 1.54) is 20.3 Å². The van der Waals surface area contributed by atoms with E-state index in [2.05, 4.69) is 9.72 Å². The second-order valence-corrected chi connectivity index (χ2v) is 3.47. The number of esters is 1. The lowest BCUT2D eigenvalue weighted by Crippen LogP contribution is -2.08. The zero-order chi connectivity index (χ0) is 13.0. The molecule has 17 heavy (non-hydrogen) atoms. The Morgan fingerprint density at radius 2 is 2.18 bits per heavy atom. The predicted molar refractivity (Wildman–Crippen MR) is 56.5 cm³/mol. The zero-order valence-corrected chi connectivity index (χ0v) is 9.92. The number of halogens is 3. The van der Waals surface area contributed by atoms with E-state index < -0.39 is 18.1 Å². The number of hydrogen-bond donors (Lipinski definition) is 0. The normalized spacial score (nSPS) is 10.5. The Labute approximate surface area is 101 Å². The molecule has 4 nitrogen and oxygen atoms in total. The van der Waals surface area contributed by atoms with Gasteiger partial charge in [0.2, 0.25) is 0 Å². The Hall–Kier alpha value is -1.43. The number of aromatic nitrogens is 1. The van der Waals surface area contributed by atoms with Gasteiger partial charge in [0, 0.05) is 0 Å². The number of hydrogen-bond acceptors (Lipinski definition) is 4. The average molecular weight is 266 g/mol. The van der Waals surface area contributed by atoms with Gasteiger partial charge in [-0.05, 0) is 6.07 Å². The quantitative estimate of drug-likeness (QED) is 0.785. The van der Waals surface area contributed by atoms with Gasteiger partial charge in [-0.15, -0.1) is 0 Å². The number of methoxy groups -OCH3 is 2. The summed E-state index contributed by atoms with van der Waals surface area (Å²) in [4.78, 5) is 14.6. The minimum atomic E-state index is -2.83. The van der Waals surface area contributed by atoms with Crippen LogP contribution in [0, 0.1) is 0 Å². The lowest BCUT2D eigenvalue weighted by molar-refractivity contribution is -0.139. The van der Waals surface area contributed by atoms with Crippen LogP contribution >= 0.6 is 11.6 Å². The second-order valence-electron chi connectivity index (χ2n) is 3.07. The highest BCUT2D eigenvalue weighted by Crippen LogP contribution is 2.34. The number of ether oxygens (including phenoxy) is 2. The molecule has 0 bridgehead atoms. The fourth-order valence-electron chi connectivity index (χ4n) is 1.23. The van der Waals surface area contributed by atoms with E-state index in [0.29, 0.717) is 0 Å². The van der Waals surface area contributed by atoms with Crippen LogP contribution in [0.3, 0.4) is 0 Å². The molecule has 0 spiro atoms. The molecule has 0 aliphatic heterocycles. The summed E-state index contributed by atoms with van der Waals surface area (Å²) in [6, 6.07) is 1.29. The lowest BCUT2D eigenvalue weighted by Gasteiger charge is -2.10. The molecule has 1 aromatic rings. The topological polar surface area (TPSA) is 48.4 Å². The van der Waals surface area contributed by atoms with Crippen LogP contribution in [-0.2, 0) is 16.0 Å². The first-order valence-electron chi connectivity index (χ1n) is 4.57. The van der Waals surface area contributed by atoms with Crippen molar-refractivity contribution in [2.24, 2.45) is 0 Å². The maximum Gasteiger partial charge on any atom is 0.311 e. The van der Waals surface area contributed by atoms with Crippen LogP contribution in [0.2, 0.25) is 5.02 Å². The Balaban J connectivity index is 3.15. The molecule has 94 valence electrons.